The molecule has 0 bridgehead atoms. The molecule has 0 radical (unpaired) electrons. The Labute approximate surface area is 264 Å². The van der Waals surface area contributed by atoms with Crippen molar-refractivity contribution >= 4 is 23.2 Å². The van der Waals surface area contributed by atoms with Crippen LogP contribution in [0.25, 0.3) is 0 Å². The van der Waals surface area contributed by atoms with Crippen molar-refractivity contribution in [3.63, 3.8) is 0 Å². The summed E-state index contributed by atoms with van der Waals surface area (Å²) in [7, 11) is 0.421. The molecule has 7 heteroatoms. The molecule has 3 aromatic rings. The van der Waals surface area contributed by atoms with E-state index in [0.717, 1.165) is 19.3 Å². The molecule has 4 N–H and O–H groups in total. The van der Waals surface area contributed by atoms with Gasteiger partial charge in [-0.05, 0) is 0 Å². The normalized spacial score (nSPS) is 27.7. The van der Waals surface area contributed by atoms with Crippen LogP contribution in [-0.4, -0.2) is 70.5 Å². The van der Waals surface area contributed by atoms with E-state index in [9.17, 15) is 20.4 Å². The van der Waals surface area contributed by atoms with Crippen LogP contribution in [0.3, 0.4) is 0 Å². The van der Waals surface area contributed by atoms with Gasteiger partial charge in [-0.2, -0.15) is 0 Å². The Morgan fingerprint density at radius 2 is 1.02 bits per heavy atom. The molecule has 1 fully saturated rings. The first-order valence-electron chi connectivity index (χ1n) is 16.3. The van der Waals surface area contributed by atoms with Gasteiger partial charge < -0.3 is 24.8 Å². The van der Waals surface area contributed by atoms with Crippen LogP contribution in [-0.2, 0) is 9.47 Å². The first-order chi connectivity index (χ1) is 21.3. The summed E-state index contributed by atoms with van der Waals surface area (Å²) >= 11 is 0. The van der Waals surface area contributed by atoms with Crippen LogP contribution < -0.4 is 15.9 Å². The van der Waals surface area contributed by atoms with E-state index < -0.39 is 42.9 Å². The van der Waals surface area contributed by atoms with E-state index in [0.29, 0.717) is 12.8 Å². The SMILES string of the molecule is COC1C(O)C(O)(CCCCCCCCCC[PH](c2ccccc2)(c2ccccc2)c2ccccc2)C(C)C(O)C1(O)OC. The summed E-state index contributed by atoms with van der Waals surface area (Å²) in [6.07, 6.45) is 6.04. The molecular weight excluding hydrogens is 571 g/mol. The molecule has 3 aromatic carbocycles. The average molecular weight is 625 g/mol. The molecule has 4 rings (SSSR count). The summed E-state index contributed by atoms with van der Waals surface area (Å²) in [5.74, 6) is -2.86. The first-order valence-corrected chi connectivity index (χ1v) is 18.5. The molecule has 242 valence electrons. The van der Waals surface area contributed by atoms with Gasteiger partial charge in [0.05, 0.1) is 0 Å². The standard InChI is InChI=1S/C37H53O6P/c1-29-33(38)37(41,43-3)35(42-2)34(39)36(29,40)27-19-8-6-4-5-7-9-20-28-44(30-21-13-10-14-22-30,31-23-15-11-16-24-31)32-25-17-12-18-26-32/h10-18,21-26,29,33-35,38-41,44H,4-9,19-20,27-28H2,1-3H3. The van der Waals surface area contributed by atoms with Gasteiger partial charge in [0.25, 0.3) is 0 Å². The van der Waals surface area contributed by atoms with E-state index in [2.05, 4.69) is 91.0 Å². The molecule has 1 aliphatic rings. The number of benzene rings is 3. The van der Waals surface area contributed by atoms with E-state index in [-0.39, 0.29) is 0 Å². The summed E-state index contributed by atoms with van der Waals surface area (Å²) in [6.45, 7) is 1.63. The minimum Gasteiger partial charge on any atom is -0.387 e. The van der Waals surface area contributed by atoms with E-state index in [1.807, 2.05) is 0 Å². The van der Waals surface area contributed by atoms with Gasteiger partial charge in [0.1, 0.15) is 12.2 Å². The van der Waals surface area contributed by atoms with Crippen LogP contribution in [0, 0.1) is 5.92 Å². The predicted octanol–water partition coefficient (Wildman–Crippen LogP) is 4.68. The Hall–Kier alpha value is -2.15. The van der Waals surface area contributed by atoms with E-state index in [4.69, 9.17) is 9.47 Å². The van der Waals surface area contributed by atoms with Crippen LogP contribution in [0.15, 0.2) is 91.0 Å². The number of aliphatic hydroxyl groups is 4. The summed E-state index contributed by atoms with van der Waals surface area (Å²) in [5, 5.41) is 48.2. The molecule has 0 aliphatic heterocycles. The van der Waals surface area contributed by atoms with Crippen molar-refractivity contribution in [3.8, 4) is 0 Å². The smallest absolute Gasteiger partial charge is 0.387 e. The number of rotatable bonds is 16. The van der Waals surface area contributed by atoms with Crippen LogP contribution >= 0.6 is 7.26 Å². The van der Waals surface area contributed by atoms with Crippen molar-refractivity contribution in [3.05, 3.63) is 91.0 Å². The van der Waals surface area contributed by atoms with Gasteiger partial charge in [-0.1, -0.05) is 6.92 Å². The second kappa shape index (κ2) is 15.9. The van der Waals surface area contributed by atoms with Gasteiger partial charge in [-0.3, -0.25) is 0 Å². The molecule has 0 amide bonds. The van der Waals surface area contributed by atoms with Crippen molar-refractivity contribution in [2.45, 2.75) is 94.4 Å². The van der Waals surface area contributed by atoms with Crippen molar-refractivity contribution in [2.24, 2.45) is 5.92 Å². The fraction of sp³-hybridized carbons (Fsp3) is 0.514. The quantitative estimate of drug-likeness (QED) is 0.105. The van der Waals surface area contributed by atoms with E-state index in [1.165, 1.54) is 62.0 Å². The summed E-state index contributed by atoms with van der Waals surface area (Å²) < 4.78 is 10.4. The molecule has 6 nitrogen and oxygen atoms in total. The molecule has 6 atom stereocenters. The van der Waals surface area contributed by atoms with Crippen molar-refractivity contribution in [1.29, 1.82) is 0 Å². The Morgan fingerprint density at radius 1 is 0.614 bits per heavy atom. The second-order valence-corrected chi connectivity index (χ2v) is 16.7. The fourth-order valence-electron chi connectivity index (χ4n) is 7.43. The zero-order chi connectivity index (χ0) is 31.6. The summed E-state index contributed by atoms with van der Waals surface area (Å²) in [4.78, 5) is 0. The van der Waals surface area contributed by atoms with Crippen molar-refractivity contribution < 1.29 is 29.9 Å². The monoisotopic (exact) mass is 624 g/mol. The topological polar surface area (TPSA) is 99.4 Å². The van der Waals surface area contributed by atoms with Gasteiger partial charge in [-0.25, -0.2) is 0 Å². The molecule has 1 aliphatic carbocycles. The Kier molecular flexibility index (Phi) is 12.6. The number of methoxy groups -OCH3 is 2. The van der Waals surface area contributed by atoms with Gasteiger partial charge in [0.15, 0.2) is 0 Å². The minimum absolute atomic E-state index is 0.317. The molecule has 1 saturated carbocycles. The van der Waals surface area contributed by atoms with Gasteiger partial charge in [-0.15, -0.1) is 0 Å². The van der Waals surface area contributed by atoms with Crippen LogP contribution in [0.2, 0.25) is 0 Å². The van der Waals surface area contributed by atoms with Gasteiger partial charge in [0, 0.05) is 14.2 Å². The zero-order valence-corrected chi connectivity index (χ0v) is 27.6. The average Bonchev–Trinajstić information content (AvgIpc) is 3.07. The van der Waals surface area contributed by atoms with E-state index >= 15 is 0 Å². The number of hydrogen-bond donors (Lipinski definition) is 4. The fourth-order valence-corrected chi connectivity index (χ4v) is 12.4. The number of unbranched alkanes of at least 4 members (excludes halogenated alkanes) is 7. The van der Waals surface area contributed by atoms with Crippen molar-refractivity contribution in [2.75, 3.05) is 20.4 Å². The minimum atomic E-state index is -2.16. The Morgan fingerprint density at radius 3 is 1.43 bits per heavy atom. The molecule has 0 heterocycles. The number of ether oxygens (including phenoxy) is 2. The second-order valence-electron chi connectivity index (χ2n) is 12.6. The molecule has 0 aromatic heterocycles. The third-order valence-corrected chi connectivity index (χ3v) is 15.2. The molecule has 6 unspecified atom stereocenters. The summed E-state index contributed by atoms with van der Waals surface area (Å²) in [5.41, 5.74) is -1.57. The van der Waals surface area contributed by atoms with Gasteiger partial charge >= 0.3 is 201 Å². The Balaban J connectivity index is 1.27. The van der Waals surface area contributed by atoms with E-state index in [1.54, 1.807) is 6.92 Å². The third-order valence-electron chi connectivity index (χ3n) is 10.2. The third kappa shape index (κ3) is 7.13. The maximum absolute atomic E-state index is 11.4. The predicted molar refractivity (Wildman–Crippen MR) is 182 cm³/mol. The zero-order valence-electron chi connectivity index (χ0n) is 26.6. The van der Waals surface area contributed by atoms with Crippen molar-refractivity contribution in [1.82, 2.24) is 0 Å². The maximum atomic E-state index is 11.4. The Bertz CT molecular complexity index is 1150. The van der Waals surface area contributed by atoms with Crippen LogP contribution in [0.5, 0.6) is 0 Å². The van der Waals surface area contributed by atoms with Gasteiger partial charge in [0.2, 0.25) is 5.79 Å². The number of aliphatic hydroxyl groups excluding tert-OH is 2. The molecule has 0 spiro atoms. The molecule has 0 saturated heterocycles. The molecular formula is C37H53O6P. The molecule has 44 heavy (non-hydrogen) atoms. The van der Waals surface area contributed by atoms with Crippen LogP contribution in [0.1, 0.15) is 64.7 Å². The number of hydrogen-bond acceptors (Lipinski definition) is 6. The first kappa shape index (κ1) is 34.7. The summed E-state index contributed by atoms with van der Waals surface area (Å²) in [6, 6.07) is 33.3. The van der Waals surface area contributed by atoms with Crippen LogP contribution in [0.4, 0.5) is 0 Å².